The molecule has 0 saturated heterocycles. The second kappa shape index (κ2) is 7.16. The lowest BCUT2D eigenvalue weighted by molar-refractivity contribution is -0.140. The van der Waals surface area contributed by atoms with Gasteiger partial charge in [0, 0.05) is 24.9 Å². The third kappa shape index (κ3) is 4.32. The van der Waals surface area contributed by atoms with E-state index in [-0.39, 0.29) is 12.4 Å². The number of ether oxygens (including phenoxy) is 2. The first-order valence-corrected chi connectivity index (χ1v) is 5.30. The number of carbonyl (C=O) groups is 2. The normalized spacial score (nSPS) is 10.3. The van der Waals surface area contributed by atoms with Crippen LogP contribution in [-0.2, 0) is 25.5 Å². The Morgan fingerprint density at radius 3 is 2.61 bits per heavy atom. The van der Waals surface area contributed by atoms with Gasteiger partial charge in [0.15, 0.2) is 0 Å². The zero-order valence-corrected chi connectivity index (χ0v) is 10.3. The molecule has 0 aromatic carbocycles. The van der Waals surface area contributed by atoms with E-state index >= 15 is 0 Å². The van der Waals surface area contributed by atoms with Crippen molar-refractivity contribution in [1.82, 2.24) is 9.97 Å². The SMILES string of the molecule is COC(=O)/C=C/c1nccnc1CCC(=O)OC. The number of hydrogen-bond acceptors (Lipinski definition) is 6. The summed E-state index contributed by atoms with van der Waals surface area (Å²) in [5.74, 6) is -0.789. The molecule has 0 saturated carbocycles. The summed E-state index contributed by atoms with van der Waals surface area (Å²) in [5, 5.41) is 0. The Morgan fingerprint density at radius 2 is 1.94 bits per heavy atom. The molecule has 1 aromatic rings. The minimum atomic E-state index is -0.473. The maximum absolute atomic E-state index is 11.0. The lowest BCUT2D eigenvalue weighted by atomic mass is 10.2. The van der Waals surface area contributed by atoms with Gasteiger partial charge in [-0.1, -0.05) is 0 Å². The summed E-state index contributed by atoms with van der Waals surface area (Å²) in [7, 11) is 2.62. The highest BCUT2D eigenvalue weighted by Gasteiger charge is 2.06. The molecule has 96 valence electrons. The molecule has 0 fully saturated rings. The summed E-state index contributed by atoms with van der Waals surface area (Å²) in [4.78, 5) is 30.2. The van der Waals surface area contributed by atoms with Gasteiger partial charge in [0.1, 0.15) is 0 Å². The molecule has 1 aromatic heterocycles. The van der Waals surface area contributed by atoms with Crippen LogP contribution in [0.4, 0.5) is 0 Å². The first-order chi connectivity index (χ1) is 8.67. The molecule has 0 unspecified atom stereocenters. The topological polar surface area (TPSA) is 78.4 Å². The van der Waals surface area contributed by atoms with Crippen molar-refractivity contribution in [2.45, 2.75) is 12.8 Å². The van der Waals surface area contributed by atoms with E-state index in [4.69, 9.17) is 0 Å². The Morgan fingerprint density at radius 1 is 1.22 bits per heavy atom. The molecule has 1 heterocycles. The summed E-state index contributed by atoms with van der Waals surface area (Å²) in [6.07, 6.45) is 6.42. The Kier molecular flexibility index (Phi) is 5.50. The van der Waals surface area contributed by atoms with Gasteiger partial charge in [-0.05, 0) is 6.08 Å². The van der Waals surface area contributed by atoms with Crippen LogP contribution in [0.25, 0.3) is 6.08 Å². The fraction of sp³-hybridized carbons (Fsp3) is 0.333. The lowest BCUT2D eigenvalue weighted by Crippen LogP contribution is -2.05. The smallest absolute Gasteiger partial charge is 0.330 e. The van der Waals surface area contributed by atoms with Crippen LogP contribution in [0.1, 0.15) is 17.8 Å². The fourth-order valence-corrected chi connectivity index (χ4v) is 1.25. The molecule has 0 aliphatic heterocycles. The van der Waals surface area contributed by atoms with E-state index in [0.29, 0.717) is 17.8 Å². The largest absolute Gasteiger partial charge is 0.469 e. The number of hydrogen-bond donors (Lipinski definition) is 0. The molecule has 18 heavy (non-hydrogen) atoms. The first-order valence-electron chi connectivity index (χ1n) is 5.30. The molecular weight excluding hydrogens is 236 g/mol. The number of esters is 2. The average molecular weight is 250 g/mol. The minimum absolute atomic E-state index is 0.217. The highest BCUT2D eigenvalue weighted by atomic mass is 16.5. The van der Waals surface area contributed by atoms with E-state index in [2.05, 4.69) is 19.4 Å². The predicted molar refractivity (Wildman–Crippen MR) is 63.4 cm³/mol. The predicted octanol–water partition coefficient (Wildman–Crippen LogP) is 0.768. The van der Waals surface area contributed by atoms with E-state index in [1.807, 2.05) is 0 Å². The van der Waals surface area contributed by atoms with E-state index in [0.717, 1.165) is 0 Å². The van der Waals surface area contributed by atoms with Gasteiger partial charge in [-0.25, -0.2) is 4.79 Å². The number of aryl methyl sites for hydroxylation is 1. The van der Waals surface area contributed by atoms with Gasteiger partial charge in [0.2, 0.25) is 0 Å². The van der Waals surface area contributed by atoms with Crippen molar-refractivity contribution in [2.75, 3.05) is 14.2 Å². The van der Waals surface area contributed by atoms with E-state index in [1.54, 1.807) is 0 Å². The molecule has 0 aliphatic rings. The lowest BCUT2D eigenvalue weighted by Gasteiger charge is -2.02. The fourth-order valence-electron chi connectivity index (χ4n) is 1.25. The average Bonchev–Trinajstić information content (AvgIpc) is 2.42. The first kappa shape index (κ1) is 13.8. The van der Waals surface area contributed by atoms with Gasteiger partial charge in [0.05, 0.1) is 32.0 Å². The van der Waals surface area contributed by atoms with E-state index in [1.165, 1.54) is 38.8 Å². The Balaban J connectivity index is 2.76. The second-order valence-electron chi connectivity index (χ2n) is 3.32. The molecule has 1 rings (SSSR count). The van der Waals surface area contributed by atoms with Gasteiger partial charge in [-0.2, -0.15) is 0 Å². The summed E-state index contributed by atoms with van der Waals surface area (Å²) >= 11 is 0. The Labute approximate surface area is 105 Å². The zero-order chi connectivity index (χ0) is 13.4. The summed E-state index contributed by atoms with van der Waals surface area (Å²) in [5.41, 5.74) is 1.16. The standard InChI is InChI=1S/C12H14N2O4/c1-17-11(15)5-3-9-10(14-8-7-13-9)4-6-12(16)18-2/h3,5,7-8H,4,6H2,1-2H3/b5-3+. The molecule has 0 amide bonds. The van der Waals surface area contributed by atoms with Crippen molar-refractivity contribution >= 4 is 18.0 Å². The monoisotopic (exact) mass is 250 g/mol. The van der Waals surface area contributed by atoms with E-state index < -0.39 is 5.97 Å². The number of carbonyl (C=O) groups excluding carboxylic acids is 2. The van der Waals surface area contributed by atoms with Crippen molar-refractivity contribution in [2.24, 2.45) is 0 Å². The molecule has 0 N–H and O–H groups in total. The van der Waals surface area contributed by atoms with E-state index in [9.17, 15) is 9.59 Å². The van der Waals surface area contributed by atoms with Gasteiger partial charge < -0.3 is 9.47 Å². The maximum Gasteiger partial charge on any atom is 0.330 e. The third-order valence-corrected chi connectivity index (χ3v) is 2.18. The summed E-state index contributed by atoms with van der Waals surface area (Å²) < 4.78 is 9.03. The molecule has 0 bridgehead atoms. The van der Waals surface area contributed by atoms with Crippen molar-refractivity contribution in [3.63, 3.8) is 0 Å². The quantitative estimate of drug-likeness (QED) is 0.567. The van der Waals surface area contributed by atoms with Crippen molar-refractivity contribution < 1.29 is 19.1 Å². The molecule has 0 atom stereocenters. The third-order valence-electron chi connectivity index (χ3n) is 2.18. The van der Waals surface area contributed by atoms with Crippen molar-refractivity contribution in [3.05, 3.63) is 29.9 Å². The number of methoxy groups -OCH3 is 2. The van der Waals surface area contributed by atoms with Gasteiger partial charge in [0.25, 0.3) is 0 Å². The molecule has 0 spiro atoms. The highest BCUT2D eigenvalue weighted by molar-refractivity contribution is 5.86. The van der Waals surface area contributed by atoms with Crippen LogP contribution < -0.4 is 0 Å². The van der Waals surface area contributed by atoms with Crippen molar-refractivity contribution in [3.8, 4) is 0 Å². The highest BCUT2D eigenvalue weighted by Crippen LogP contribution is 2.07. The van der Waals surface area contributed by atoms with Crippen LogP contribution in [0.3, 0.4) is 0 Å². The minimum Gasteiger partial charge on any atom is -0.469 e. The zero-order valence-electron chi connectivity index (χ0n) is 10.3. The maximum atomic E-state index is 11.0. The van der Waals surface area contributed by atoms with Crippen LogP contribution in [0.5, 0.6) is 0 Å². The van der Waals surface area contributed by atoms with Crippen LogP contribution in [0.2, 0.25) is 0 Å². The van der Waals surface area contributed by atoms with Crippen molar-refractivity contribution in [1.29, 1.82) is 0 Å². The molecule has 6 nitrogen and oxygen atoms in total. The van der Waals surface area contributed by atoms with Crippen LogP contribution >= 0.6 is 0 Å². The number of aromatic nitrogens is 2. The van der Waals surface area contributed by atoms with Crippen LogP contribution in [0, 0.1) is 0 Å². The van der Waals surface area contributed by atoms with Gasteiger partial charge >= 0.3 is 11.9 Å². The number of nitrogens with zero attached hydrogens (tertiary/aromatic N) is 2. The molecule has 0 aliphatic carbocycles. The molecule has 6 heteroatoms. The number of rotatable bonds is 5. The Bertz CT molecular complexity index is 457. The second-order valence-corrected chi connectivity index (χ2v) is 3.32. The summed E-state index contributed by atoms with van der Waals surface area (Å²) in [6, 6.07) is 0. The molecule has 0 radical (unpaired) electrons. The Hall–Kier alpha value is -2.24. The summed E-state index contributed by atoms with van der Waals surface area (Å²) in [6.45, 7) is 0. The molecular formula is C12H14N2O4. The van der Waals surface area contributed by atoms with Gasteiger partial charge in [-0.3, -0.25) is 14.8 Å². The van der Waals surface area contributed by atoms with Crippen LogP contribution in [0.15, 0.2) is 18.5 Å². The van der Waals surface area contributed by atoms with Gasteiger partial charge in [-0.15, -0.1) is 0 Å². The van der Waals surface area contributed by atoms with Crippen LogP contribution in [-0.4, -0.2) is 36.1 Å².